The second-order valence-corrected chi connectivity index (χ2v) is 4.44. The van der Waals surface area contributed by atoms with E-state index in [1.165, 1.54) is 10.9 Å². The van der Waals surface area contributed by atoms with E-state index in [1.807, 2.05) is 0 Å². The quantitative estimate of drug-likeness (QED) is 0.743. The predicted molar refractivity (Wildman–Crippen MR) is 60.0 cm³/mol. The van der Waals surface area contributed by atoms with Crippen LogP contribution in [-0.2, 0) is 0 Å². The Kier molecular flexibility index (Phi) is 2.96. The van der Waals surface area contributed by atoms with Gasteiger partial charge in [-0.1, -0.05) is 0 Å². The molecular weight excluding hydrogens is 206 g/mol. The lowest BCUT2D eigenvalue weighted by Gasteiger charge is -2.24. The van der Waals surface area contributed by atoms with Crippen LogP contribution in [-0.4, -0.2) is 26.9 Å². The summed E-state index contributed by atoms with van der Waals surface area (Å²) in [4.78, 5) is 12.1. The third-order valence-corrected chi connectivity index (χ3v) is 3.30. The summed E-state index contributed by atoms with van der Waals surface area (Å²) in [6.07, 6.45) is 4.13. The van der Waals surface area contributed by atoms with Gasteiger partial charge >= 0.3 is 0 Å². The second-order valence-electron chi connectivity index (χ2n) is 4.44. The number of aliphatic hydroxyl groups is 1. The Balaban J connectivity index is 2.11. The van der Waals surface area contributed by atoms with E-state index in [4.69, 9.17) is 5.73 Å². The molecule has 1 aliphatic rings. The maximum Gasteiger partial charge on any atom is 0.250 e. The fraction of sp³-hybridized carbons (Fsp3) is 0.636. The van der Waals surface area contributed by atoms with Crippen molar-refractivity contribution in [2.24, 2.45) is 5.92 Å². The summed E-state index contributed by atoms with van der Waals surface area (Å²) in [7, 11) is 0. The number of aliphatic hydroxyl groups excluding tert-OH is 1. The summed E-state index contributed by atoms with van der Waals surface area (Å²) < 4.78 is 1.39. The predicted octanol–water partition coefficient (Wildman–Crippen LogP) is 0.965. The lowest BCUT2D eigenvalue weighted by atomic mass is 9.87. The molecule has 1 aromatic rings. The summed E-state index contributed by atoms with van der Waals surface area (Å²) in [5, 5.41) is 13.4. The van der Waals surface area contributed by atoms with Gasteiger partial charge in [-0.2, -0.15) is 5.10 Å². The number of nitrogen functional groups attached to an aromatic ring is 1. The Bertz CT molecular complexity index is 392. The highest BCUT2D eigenvalue weighted by molar-refractivity contribution is 5.82. The first-order chi connectivity index (χ1) is 7.59. The lowest BCUT2D eigenvalue weighted by Crippen LogP contribution is -2.29. The fourth-order valence-corrected chi connectivity index (χ4v) is 2.14. The third-order valence-electron chi connectivity index (χ3n) is 3.30. The fourth-order valence-electron chi connectivity index (χ4n) is 2.14. The Morgan fingerprint density at radius 1 is 1.50 bits per heavy atom. The standard InChI is InChI=1S/C11H17N3O2/c1-7-10(12)6-13-14(7)11(16)8-2-4-9(15)5-3-8/h6,8-9,15H,2-5,12H2,1H3. The number of aromatic nitrogens is 2. The SMILES string of the molecule is Cc1c(N)cnn1C(=O)C1CCC(O)CC1. The molecule has 0 saturated heterocycles. The van der Waals surface area contributed by atoms with Crippen LogP contribution >= 0.6 is 0 Å². The first-order valence-corrected chi connectivity index (χ1v) is 5.62. The molecule has 3 N–H and O–H groups in total. The number of rotatable bonds is 1. The Morgan fingerprint density at radius 3 is 2.62 bits per heavy atom. The van der Waals surface area contributed by atoms with Crippen LogP contribution in [0.2, 0.25) is 0 Å². The summed E-state index contributed by atoms with van der Waals surface area (Å²) in [6, 6.07) is 0. The maximum absolute atomic E-state index is 12.1. The molecule has 0 spiro atoms. The zero-order valence-corrected chi connectivity index (χ0v) is 9.39. The van der Waals surface area contributed by atoms with Crippen LogP contribution in [0.25, 0.3) is 0 Å². The van der Waals surface area contributed by atoms with Crippen molar-refractivity contribution >= 4 is 11.6 Å². The van der Waals surface area contributed by atoms with Gasteiger partial charge in [0.1, 0.15) is 0 Å². The molecule has 5 heteroatoms. The molecule has 0 unspecified atom stereocenters. The molecule has 1 heterocycles. The topological polar surface area (TPSA) is 81.1 Å². The van der Waals surface area contributed by atoms with E-state index in [0.29, 0.717) is 24.2 Å². The normalized spacial score (nSPS) is 25.6. The van der Waals surface area contributed by atoms with Gasteiger partial charge < -0.3 is 10.8 Å². The molecule has 0 amide bonds. The van der Waals surface area contributed by atoms with E-state index < -0.39 is 0 Å². The highest BCUT2D eigenvalue weighted by Crippen LogP contribution is 2.26. The molecule has 2 rings (SSSR count). The zero-order chi connectivity index (χ0) is 11.7. The number of carbonyl (C=O) groups is 1. The van der Waals surface area contributed by atoms with Gasteiger partial charge in [0.05, 0.1) is 23.7 Å². The minimum absolute atomic E-state index is 0.00102. The highest BCUT2D eigenvalue weighted by Gasteiger charge is 2.27. The van der Waals surface area contributed by atoms with Crippen LogP contribution < -0.4 is 5.73 Å². The third kappa shape index (κ3) is 1.95. The average Bonchev–Trinajstić information content (AvgIpc) is 2.60. The van der Waals surface area contributed by atoms with Crippen LogP contribution in [0.4, 0.5) is 5.69 Å². The molecule has 1 saturated carbocycles. The number of nitrogens with zero attached hydrogens (tertiary/aromatic N) is 2. The molecule has 0 aromatic carbocycles. The molecule has 88 valence electrons. The Hall–Kier alpha value is -1.36. The second kappa shape index (κ2) is 4.25. The molecular formula is C11H17N3O2. The van der Waals surface area contributed by atoms with Crippen molar-refractivity contribution in [3.63, 3.8) is 0 Å². The van der Waals surface area contributed by atoms with Crippen molar-refractivity contribution in [2.75, 3.05) is 5.73 Å². The van der Waals surface area contributed by atoms with Crippen LogP contribution in [0, 0.1) is 12.8 Å². The van der Waals surface area contributed by atoms with Gasteiger partial charge in [-0.25, -0.2) is 4.68 Å². The van der Waals surface area contributed by atoms with Crippen LogP contribution in [0.15, 0.2) is 6.20 Å². The summed E-state index contributed by atoms with van der Waals surface area (Å²) in [5.41, 5.74) is 6.90. The average molecular weight is 223 g/mol. The van der Waals surface area contributed by atoms with Crippen molar-refractivity contribution in [1.29, 1.82) is 0 Å². The van der Waals surface area contributed by atoms with Crippen LogP contribution in [0.3, 0.4) is 0 Å². The van der Waals surface area contributed by atoms with Gasteiger partial charge in [0, 0.05) is 5.92 Å². The van der Waals surface area contributed by atoms with Gasteiger partial charge in [-0.3, -0.25) is 4.79 Å². The molecule has 5 nitrogen and oxygen atoms in total. The summed E-state index contributed by atoms with van der Waals surface area (Å²) in [5.74, 6) is -0.0255. The smallest absolute Gasteiger partial charge is 0.250 e. The minimum Gasteiger partial charge on any atom is -0.396 e. The largest absolute Gasteiger partial charge is 0.396 e. The van der Waals surface area contributed by atoms with E-state index in [2.05, 4.69) is 5.10 Å². The molecule has 0 radical (unpaired) electrons. The molecule has 1 aromatic heterocycles. The van der Waals surface area contributed by atoms with Crippen molar-refractivity contribution in [1.82, 2.24) is 9.78 Å². The monoisotopic (exact) mass is 223 g/mol. The van der Waals surface area contributed by atoms with Crippen molar-refractivity contribution in [2.45, 2.75) is 38.7 Å². The highest BCUT2D eigenvalue weighted by atomic mass is 16.3. The van der Waals surface area contributed by atoms with Crippen molar-refractivity contribution in [3.8, 4) is 0 Å². The maximum atomic E-state index is 12.1. The Labute approximate surface area is 94.2 Å². The molecule has 16 heavy (non-hydrogen) atoms. The van der Waals surface area contributed by atoms with Gasteiger partial charge in [0.2, 0.25) is 5.91 Å². The van der Waals surface area contributed by atoms with E-state index in [1.54, 1.807) is 6.92 Å². The molecule has 0 aliphatic heterocycles. The number of hydrogen-bond acceptors (Lipinski definition) is 4. The van der Waals surface area contributed by atoms with Gasteiger partial charge in [0.25, 0.3) is 0 Å². The van der Waals surface area contributed by atoms with Gasteiger partial charge in [-0.05, 0) is 32.6 Å². The van der Waals surface area contributed by atoms with Crippen molar-refractivity contribution in [3.05, 3.63) is 11.9 Å². The minimum atomic E-state index is -0.243. The first-order valence-electron chi connectivity index (χ1n) is 5.62. The van der Waals surface area contributed by atoms with E-state index in [0.717, 1.165) is 12.8 Å². The van der Waals surface area contributed by atoms with E-state index >= 15 is 0 Å². The molecule has 1 aliphatic carbocycles. The number of hydrogen-bond donors (Lipinski definition) is 2. The summed E-state index contributed by atoms with van der Waals surface area (Å²) in [6.45, 7) is 1.79. The number of nitrogens with two attached hydrogens (primary N) is 1. The van der Waals surface area contributed by atoms with Crippen LogP contribution in [0.1, 0.15) is 36.2 Å². The number of carbonyl (C=O) groups excluding carboxylic acids is 1. The van der Waals surface area contributed by atoms with Crippen molar-refractivity contribution < 1.29 is 9.90 Å². The van der Waals surface area contributed by atoms with E-state index in [9.17, 15) is 9.90 Å². The van der Waals surface area contributed by atoms with E-state index in [-0.39, 0.29) is 17.9 Å². The molecule has 0 atom stereocenters. The van der Waals surface area contributed by atoms with Gasteiger partial charge in [-0.15, -0.1) is 0 Å². The lowest BCUT2D eigenvalue weighted by molar-refractivity contribution is 0.0670. The first kappa shape index (κ1) is 11.1. The van der Waals surface area contributed by atoms with Gasteiger partial charge in [0.15, 0.2) is 0 Å². The molecule has 0 bridgehead atoms. The zero-order valence-electron chi connectivity index (χ0n) is 9.39. The number of anilines is 1. The molecule has 1 fully saturated rings. The Morgan fingerprint density at radius 2 is 2.12 bits per heavy atom. The van der Waals surface area contributed by atoms with Crippen LogP contribution in [0.5, 0.6) is 0 Å². The summed E-state index contributed by atoms with van der Waals surface area (Å²) >= 11 is 0.